The Labute approximate surface area is 195 Å². The van der Waals surface area contributed by atoms with Crippen molar-refractivity contribution in [1.82, 2.24) is 10.1 Å². The van der Waals surface area contributed by atoms with Gasteiger partial charge in [0.1, 0.15) is 5.60 Å². The monoisotopic (exact) mass is 503 g/mol. The van der Waals surface area contributed by atoms with Gasteiger partial charge < -0.3 is 14.2 Å². The minimum atomic E-state index is -0.597. The summed E-state index contributed by atoms with van der Waals surface area (Å²) in [6.07, 6.45) is 5.64. The number of fused-ring (bicyclic) bond motifs is 3. The van der Waals surface area contributed by atoms with E-state index in [4.69, 9.17) is 9.26 Å². The lowest BCUT2D eigenvalue weighted by atomic mass is 9.65. The summed E-state index contributed by atoms with van der Waals surface area (Å²) in [5.41, 5.74) is 0.371. The van der Waals surface area contributed by atoms with Crippen LogP contribution < -0.4 is 4.90 Å². The molecule has 0 spiro atoms. The molecular weight excluding hydrogens is 477 g/mol. The number of hydrogen-bond donors (Lipinski definition) is 0. The van der Waals surface area contributed by atoms with E-state index >= 15 is 0 Å². The molecule has 2 aliphatic carbocycles. The first-order chi connectivity index (χ1) is 15.4. The predicted octanol–water partition coefficient (Wildman–Crippen LogP) is 5.44. The van der Waals surface area contributed by atoms with Crippen LogP contribution in [0.15, 0.2) is 45.4 Å². The zero-order valence-corrected chi connectivity index (χ0v) is 19.6. The van der Waals surface area contributed by atoms with Crippen molar-refractivity contribution in [2.45, 2.75) is 56.5 Å². The van der Waals surface area contributed by atoms with Crippen molar-refractivity contribution in [1.29, 1.82) is 0 Å². The lowest BCUT2D eigenvalue weighted by Crippen LogP contribution is -2.54. The lowest BCUT2D eigenvalue weighted by molar-refractivity contribution is -0.198. The molecule has 32 heavy (non-hydrogen) atoms. The van der Waals surface area contributed by atoms with Gasteiger partial charge in [-0.2, -0.15) is 4.98 Å². The topological polar surface area (TPSA) is 68.5 Å². The molecule has 0 radical (unpaired) electrons. The molecule has 170 valence electrons. The molecule has 0 unspecified atom stereocenters. The van der Waals surface area contributed by atoms with E-state index in [0.717, 1.165) is 54.5 Å². The third-order valence-corrected chi connectivity index (χ3v) is 7.60. The van der Waals surface area contributed by atoms with Crippen molar-refractivity contribution < 1.29 is 18.4 Å². The van der Waals surface area contributed by atoms with Crippen LogP contribution in [0.4, 0.5) is 10.1 Å². The van der Waals surface area contributed by atoms with E-state index in [9.17, 15) is 9.18 Å². The highest BCUT2D eigenvalue weighted by molar-refractivity contribution is 9.10. The second-order valence-corrected chi connectivity index (χ2v) is 10.3. The van der Waals surface area contributed by atoms with E-state index < -0.39 is 12.3 Å². The Kier molecular flexibility index (Phi) is 5.70. The summed E-state index contributed by atoms with van der Waals surface area (Å²) in [4.78, 5) is 19.6. The number of alkyl halides is 1. The van der Waals surface area contributed by atoms with E-state index in [1.807, 2.05) is 24.3 Å². The normalized spacial score (nSPS) is 26.8. The zero-order valence-electron chi connectivity index (χ0n) is 18.0. The molecule has 2 saturated carbocycles. The van der Waals surface area contributed by atoms with Crippen molar-refractivity contribution in [3.8, 4) is 0 Å². The molecule has 0 N–H and O–H groups in total. The Morgan fingerprint density at radius 3 is 2.69 bits per heavy atom. The fourth-order valence-electron chi connectivity index (χ4n) is 4.84. The van der Waals surface area contributed by atoms with Gasteiger partial charge >= 0.3 is 0 Å². The number of amides is 1. The van der Waals surface area contributed by atoms with Gasteiger partial charge in [-0.05, 0) is 56.7 Å². The highest BCUT2D eigenvalue weighted by atomic mass is 79.9. The van der Waals surface area contributed by atoms with E-state index in [0.29, 0.717) is 25.0 Å². The number of nitrogens with zero attached hydrogens (tertiary/aromatic N) is 3. The summed E-state index contributed by atoms with van der Waals surface area (Å²) in [5.74, 6) is 1.61. The number of carbonyl (C=O) groups is 1. The van der Waals surface area contributed by atoms with Gasteiger partial charge in [-0.3, -0.25) is 9.18 Å². The lowest BCUT2D eigenvalue weighted by Gasteiger charge is -2.52. The van der Waals surface area contributed by atoms with Crippen LogP contribution in [0.1, 0.15) is 62.6 Å². The molecular formula is C24H27BrFN3O3. The maximum absolute atomic E-state index is 13.2. The van der Waals surface area contributed by atoms with Crippen LogP contribution in [0.3, 0.4) is 0 Å². The maximum Gasteiger partial charge on any atom is 0.258 e. The number of aromatic nitrogens is 2. The third-order valence-electron chi connectivity index (χ3n) is 7.10. The van der Waals surface area contributed by atoms with E-state index in [-0.39, 0.29) is 23.3 Å². The number of carbonyl (C=O) groups excluding carboxylic acids is 1. The van der Waals surface area contributed by atoms with Crippen molar-refractivity contribution in [3.05, 3.63) is 52.6 Å². The molecule has 2 bridgehead atoms. The van der Waals surface area contributed by atoms with Crippen LogP contribution in [0.2, 0.25) is 0 Å². The summed E-state index contributed by atoms with van der Waals surface area (Å²) in [5, 5.41) is 4.17. The van der Waals surface area contributed by atoms with E-state index in [1.165, 1.54) is 0 Å². The van der Waals surface area contributed by atoms with Crippen molar-refractivity contribution in [3.63, 3.8) is 0 Å². The summed E-state index contributed by atoms with van der Waals surface area (Å²) in [6, 6.07) is 7.62. The first kappa shape index (κ1) is 21.8. The Bertz CT molecular complexity index is 1010. The number of hydrogen-bond acceptors (Lipinski definition) is 5. The second-order valence-electron chi connectivity index (χ2n) is 9.43. The van der Waals surface area contributed by atoms with Gasteiger partial charge in [0, 0.05) is 40.0 Å². The fourth-order valence-corrected chi connectivity index (χ4v) is 5.23. The maximum atomic E-state index is 13.2. The molecule has 6 rings (SSSR count). The number of anilines is 1. The van der Waals surface area contributed by atoms with Gasteiger partial charge in [0.2, 0.25) is 0 Å². The summed E-state index contributed by atoms with van der Waals surface area (Å²) >= 11 is 3.49. The Balaban J connectivity index is 1.35. The minimum Gasteiger partial charge on any atom is -0.364 e. The zero-order chi connectivity index (χ0) is 22.3. The van der Waals surface area contributed by atoms with Crippen LogP contribution in [-0.4, -0.2) is 35.9 Å². The molecule has 4 aliphatic rings. The molecule has 1 aromatic carbocycles. The first-order valence-electron chi connectivity index (χ1n) is 11.2. The second kappa shape index (κ2) is 8.37. The Morgan fingerprint density at radius 1 is 1.28 bits per heavy atom. The van der Waals surface area contributed by atoms with Crippen molar-refractivity contribution in [2.24, 2.45) is 5.41 Å². The molecule has 2 aromatic rings. The van der Waals surface area contributed by atoms with Gasteiger partial charge in [0.15, 0.2) is 5.82 Å². The average Bonchev–Trinajstić information content (AvgIpc) is 3.54. The van der Waals surface area contributed by atoms with Gasteiger partial charge in [-0.1, -0.05) is 33.7 Å². The smallest absolute Gasteiger partial charge is 0.258 e. The molecule has 2 aliphatic heterocycles. The number of benzene rings is 1. The highest BCUT2D eigenvalue weighted by Crippen LogP contribution is 2.54. The van der Waals surface area contributed by atoms with Gasteiger partial charge in [-0.25, -0.2) is 0 Å². The van der Waals surface area contributed by atoms with Crippen molar-refractivity contribution >= 4 is 27.5 Å². The quantitative estimate of drug-likeness (QED) is 0.448. The van der Waals surface area contributed by atoms with Crippen LogP contribution in [0, 0.1) is 5.41 Å². The Morgan fingerprint density at radius 2 is 2.06 bits per heavy atom. The Hall–Kier alpha value is -2.06. The van der Waals surface area contributed by atoms with Gasteiger partial charge in [0.25, 0.3) is 11.8 Å². The van der Waals surface area contributed by atoms with E-state index in [2.05, 4.69) is 32.6 Å². The molecule has 4 fully saturated rings. The fraction of sp³-hybridized carbons (Fsp3) is 0.542. The van der Waals surface area contributed by atoms with Crippen LogP contribution in [0.5, 0.6) is 0 Å². The summed E-state index contributed by atoms with van der Waals surface area (Å²) in [7, 11) is 0. The predicted molar refractivity (Wildman–Crippen MR) is 121 cm³/mol. The average molecular weight is 504 g/mol. The van der Waals surface area contributed by atoms with Crippen LogP contribution in [-0.2, 0) is 15.1 Å². The molecule has 8 heteroatoms. The largest absolute Gasteiger partial charge is 0.364 e. The van der Waals surface area contributed by atoms with E-state index in [1.54, 1.807) is 4.90 Å². The van der Waals surface area contributed by atoms with Crippen LogP contribution in [0.25, 0.3) is 0 Å². The molecule has 1 aromatic heterocycles. The SMILES string of the molecule is C=C(CCF)C(=O)N(CC12CCC(c3nc(C4CC4)no3)(CC1)OC2)c1cccc(Br)c1. The van der Waals surface area contributed by atoms with Crippen LogP contribution >= 0.6 is 15.9 Å². The highest BCUT2D eigenvalue weighted by Gasteiger charge is 2.54. The van der Waals surface area contributed by atoms with Gasteiger partial charge in [-0.15, -0.1) is 0 Å². The molecule has 2 saturated heterocycles. The molecule has 1 amide bonds. The third kappa shape index (κ3) is 4.03. The number of rotatable bonds is 8. The van der Waals surface area contributed by atoms with Gasteiger partial charge in [0.05, 0.1) is 13.3 Å². The number of halogens is 2. The molecule has 3 heterocycles. The number of ether oxygens (including phenoxy) is 1. The first-order valence-corrected chi connectivity index (χ1v) is 12.0. The molecule has 0 atom stereocenters. The minimum absolute atomic E-state index is 0.0381. The van der Waals surface area contributed by atoms with Crippen molar-refractivity contribution in [2.75, 3.05) is 24.7 Å². The standard InChI is InChI=1S/C24H27BrFN3O3/c1-16(7-12-26)21(30)29(19-4-2-3-18(25)13-19)14-23-8-10-24(11-9-23,31-15-23)22-27-20(28-32-22)17-5-6-17/h2-4,13,17H,1,5-12,14-15H2. The molecule has 6 nitrogen and oxygen atoms in total. The summed E-state index contributed by atoms with van der Waals surface area (Å²) in [6.45, 7) is 4.25. The summed E-state index contributed by atoms with van der Waals surface area (Å²) < 4.78 is 25.8.